The Bertz CT molecular complexity index is 356. The smallest absolute Gasteiger partial charge is 0.155 e. The van der Waals surface area contributed by atoms with Gasteiger partial charge < -0.3 is 0 Å². The number of hydrogen-bond acceptors (Lipinski definition) is 2. The maximum absolute atomic E-state index is 11.9. The van der Waals surface area contributed by atoms with Crippen LogP contribution in [0.4, 0.5) is 0 Å². The molecule has 1 fully saturated rings. The van der Waals surface area contributed by atoms with Crippen LogP contribution in [0.2, 0.25) is 0 Å². The van der Waals surface area contributed by atoms with Crippen LogP contribution in [-0.2, 0) is 9.59 Å². The summed E-state index contributed by atoms with van der Waals surface area (Å²) in [5, 5.41) is 0. The Morgan fingerprint density at radius 2 is 1.42 bits per heavy atom. The first-order chi connectivity index (χ1) is 9.20. The standard InChI is InChI=1S/C17H26O2/c18-15-7-5-3-1-2-4-6-11-17(12-8-15)13-9-16(19)10-14-17/h9,13H,1-8,10-12,14H2/t17-/m0/s1. The van der Waals surface area contributed by atoms with E-state index in [1.807, 2.05) is 0 Å². The van der Waals surface area contributed by atoms with E-state index in [1.165, 1.54) is 32.1 Å². The van der Waals surface area contributed by atoms with E-state index in [-0.39, 0.29) is 11.2 Å². The van der Waals surface area contributed by atoms with Gasteiger partial charge in [0, 0.05) is 19.3 Å². The van der Waals surface area contributed by atoms with Crippen molar-refractivity contribution in [3.8, 4) is 0 Å². The lowest BCUT2D eigenvalue weighted by Gasteiger charge is -2.33. The summed E-state index contributed by atoms with van der Waals surface area (Å²) < 4.78 is 0. The van der Waals surface area contributed by atoms with Gasteiger partial charge in [0.05, 0.1) is 0 Å². The summed E-state index contributed by atoms with van der Waals surface area (Å²) in [6.07, 6.45) is 16.5. The monoisotopic (exact) mass is 262 g/mol. The van der Waals surface area contributed by atoms with Gasteiger partial charge in [0.15, 0.2) is 5.78 Å². The van der Waals surface area contributed by atoms with Gasteiger partial charge in [0.1, 0.15) is 5.78 Å². The summed E-state index contributed by atoms with van der Waals surface area (Å²) in [5.74, 6) is 0.674. The molecule has 1 atom stereocenters. The molecule has 2 nitrogen and oxygen atoms in total. The Hall–Kier alpha value is -0.920. The normalized spacial score (nSPS) is 30.9. The third kappa shape index (κ3) is 4.59. The third-order valence-corrected chi connectivity index (χ3v) is 4.77. The van der Waals surface area contributed by atoms with Crippen LogP contribution in [0.15, 0.2) is 12.2 Å². The SMILES string of the molecule is O=C1C=C[C@@]2(CCCCCCCCC(=O)CC2)CC1. The summed E-state index contributed by atoms with van der Waals surface area (Å²) in [6, 6.07) is 0. The lowest BCUT2D eigenvalue weighted by atomic mass is 9.71. The number of rotatable bonds is 0. The van der Waals surface area contributed by atoms with E-state index in [4.69, 9.17) is 0 Å². The van der Waals surface area contributed by atoms with E-state index < -0.39 is 0 Å². The summed E-state index contributed by atoms with van der Waals surface area (Å²) in [5.41, 5.74) is 0.142. The first kappa shape index (κ1) is 14.5. The second-order valence-electron chi connectivity index (χ2n) is 6.32. The molecule has 0 aliphatic heterocycles. The van der Waals surface area contributed by atoms with Gasteiger partial charge in [-0.3, -0.25) is 9.59 Å². The molecule has 2 aliphatic rings. The van der Waals surface area contributed by atoms with Gasteiger partial charge in [-0.25, -0.2) is 0 Å². The fraction of sp³-hybridized carbons (Fsp3) is 0.765. The van der Waals surface area contributed by atoms with Gasteiger partial charge in [-0.2, -0.15) is 0 Å². The van der Waals surface area contributed by atoms with E-state index in [0.29, 0.717) is 18.6 Å². The molecular formula is C17H26O2. The fourth-order valence-electron chi connectivity index (χ4n) is 3.37. The van der Waals surface area contributed by atoms with Crippen LogP contribution in [0.5, 0.6) is 0 Å². The highest BCUT2D eigenvalue weighted by Gasteiger charge is 2.30. The molecule has 1 spiro atoms. The minimum Gasteiger partial charge on any atom is -0.300 e. The van der Waals surface area contributed by atoms with Gasteiger partial charge in [0.25, 0.3) is 0 Å². The van der Waals surface area contributed by atoms with E-state index >= 15 is 0 Å². The average Bonchev–Trinajstić information content (AvgIpc) is 2.41. The van der Waals surface area contributed by atoms with Crippen molar-refractivity contribution >= 4 is 11.6 Å². The molecule has 0 amide bonds. The molecule has 106 valence electrons. The van der Waals surface area contributed by atoms with Crippen molar-refractivity contribution in [2.45, 2.75) is 77.0 Å². The first-order valence-corrected chi connectivity index (χ1v) is 7.94. The van der Waals surface area contributed by atoms with Crippen molar-refractivity contribution in [2.75, 3.05) is 0 Å². The van der Waals surface area contributed by atoms with E-state index in [9.17, 15) is 9.59 Å². The Labute approximate surface area is 116 Å². The second-order valence-corrected chi connectivity index (χ2v) is 6.32. The number of allylic oxidation sites excluding steroid dienone is 2. The zero-order chi connectivity index (χ0) is 13.6. The molecule has 19 heavy (non-hydrogen) atoms. The molecule has 2 heteroatoms. The molecule has 0 aromatic heterocycles. The van der Waals surface area contributed by atoms with Crippen LogP contribution in [0, 0.1) is 5.41 Å². The minimum atomic E-state index is 0.142. The molecule has 0 aromatic carbocycles. The van der Waals surface area contributed by atoms with Crippen molar-refractivity contribution in [2.24, 2.45) is 5.41 Å². The minimum absolute atomic E-state index is 0.142. The third-order valence-electron chi connectivity index (χ3n) is 4.77. The van der Waals surface area contributed by atoms with Crippen LogP contribution in [0.3, 0.4) is 0 Å². The quantitative estimate of drug-likeness (QED) is 0.649. The zero-order valence-electron chi connectivity index (χ0n) is 12.0. The van der Waals surface area contributed by atoms with Gasteiger partial charge in [0.2, 0.25) is 0 Å². The van der Waals surface area contributed by atoms with Gasteiger partial charge in [-0.05, 0) is 37.2 Å². The molecule has 2 aliphatic carbocycles. The van der Waals surface area contributed by atoms with Crippen molar-refractivity contribution in [3.63, 3.8) is 0 Å². The molecule has 0 unspecified atom stereocenters. The number of Topliss-reactive ketones (excluding diaryl/α,β-unsaturated/α-hetero) is 1. The number of ketones is 2. The molecule has 0 heterocycles. The van der Waals surface area contributed by atoms with Crippen LogP contribution >= 0.6 is 0 Å². The topological polar surface area (TPSA) is 34.1 Å². The van der Waals surface area contributed by atoms with Crippen molar-refractivity contribution < 1.29 is 9.59 Å². The Morgan fingerprint density at radius 1 is 0.737 bits per heavy atom. The average molecular weight is 262 g/mol. The summed E-state index contributed by atoms with van der Waals surface area (Å²) in [4.78, 5) is 23.3. The van der Waals surface area contributed by atoms with Crippen molar-refractivity contribution in [1.82, 2.24) is 0 Å². The largest absolute Gasteiger partial charge is 0.300 e. The van der Waals surface area contributed by atoms with E-state index in [2.05, 4.69) is 6.08 Å². The summed E-state index contributed by atoms with van der Waals surface area (Å²) in [7, 11) is 0. The molecule has 2 rings (SSSR count). The summed E-state index contributed by atoms with van der Waals surface area (Å²) in [6.45, 7) is 0. The van der Waals surface area contributed by atoms with Crippen molar-refractivity contribution in [3.05, 3.63) is 12.2 Å². The predicted molar refractivity (Wildman–Crippen MR) is 77.0 cm³/mol. The molecular weight excluding hydrogens is 236 g/mol. The molecule has 1 saturated carbocycles. The van der Waals surface area contributed by atoms with Crippen molar-refractivity contribution in [1.29, 1.82) is 0 Å². The summed E-state index contributed by atoms with van der Waals surface area (Å²) >= 11 is 0. The van der Waals surface area contributed by atoms with Gasteiger partial charge >= 0.3 is 0 Å². The maximum atomic E-state index is 11.9. The highest BCUT2D eigenvalue weighted by atomic mass is 16.1. The maximum Gasteiger partial charge on any atom is 0.155 e. The highest BCUT2D eigenvalue weighted by Crippen LogP contribution is 2.40. The number of carbonyl (C=O) groups is 2. The lowest BCUT2D eigenvalue weighted by molar-refractivity contribution is -0.119. The van der Waals surface area contributed by atoms with E-state index in [1.54, 1.807) is 6.08 Å². The van der Waals surface area contributed by atoms with Crippen LogP contribution in [0.1, 0.15) is 77.0 Å². The van der Waals surface area contributed by atoms with E-state index in [0.717, 1.165) is 32.1 Å². The highest BCUT2D eigenvalue weighted by molar-refractivity contribution is 5.90. The van der Waals surface area contributed by atoms with Crippen LogP contribution < -0.4 is 0 Å². The molecule has 0 aromatic rings. The number of carbonyl (C=O) groups excluding carboxylic acids is 2. The first-order valence-electron chi connectivity index (χ1n) is 7.94. The lowest BCUT2D eigenvalue weighted by Crippen LogP contribution is -2.24. The predicted octanol–water partition coefficient (Wildman–Crippen LogP) is 4.38. The molecule has 0 N–H and O–H groups in total. The Balaban J connectivity index is 2.00. The van der Waals surface area contributed by atoms with Gasteiger partial charge in [-0.1, -0.05) is 38.2 Å². The van der Waals surface area contributed by atoms with Crippen LogP contribution in [0.25, 0.3) is 0 Å². The molecule has 0 radical (unpaired) electrons. The fourth-order valence-corrected chi connectivity index (χ4v) is 3.37. The number of hydrogen-bond donors (Lipinski definition) is 0. The second kappa shape index (κ2) is 7.02. The van der Waals surface area contributed by atoms with Gasteiger partial charge in [-0.15, -0.1) is 0 Å². The molecule has 0 bridgehead atoms. The Kier molecular flexibility index (Phi) is 5.35. The van der Waals surface area contributed by atoms with Crippen LogP contribution in [-0.4, -0.2) is 11.6 Å². The zero-order valence-corrected chi connectivity index (χ0v) is 12.0. The Morgan fingerprint density at radius 3 is 2.16 bits per heavy atom. The molecule has 0 saturated heterocycles.